The first kappa shape index (κ1) is 30.8. The normalized spacial score (nSPS) is 26.5. The smallest absolute Gasteiger partial charge is 0.305 e. The van der Waals surface area contributed by atoms with Crippen LogP contribution in [-0.4, -0.2) is 48.3 Å². The molecule has 1 aromatic heterocycles. The van der Waals surface area contributed by atoms with E-state index in [2.05, 4.69) is 10.3 Å². The number of imide groups is 1. The van der Waals surface area contributed by atoms with Crippen molar-refractivity contribution in [3.63, 3.8) is 0 Å². The zero-order valence-corrected chi connectivity index (χ0v) is 27.8. The monoisotopic (exact) mass is 683 g/mol. The minimum absolute atomic E-state index is 0.00821. The van der Waals surface area contributed by atoms with Crippen LogP contribution in [0, 0.1) is 29.6 Å². The van der Waals surface area contributed by atoms with Gasteiger partial charge in [0.2, 0.25) is 11.8 Å². The molecule has 4 unspecified atom stereocenters. The van der Waals surface area contributed by atoms with Crippen LogP contribution in [0.5, 0.6) is 17.2 Å². The molecule has 2 N–H and O–H groups in total. The second-order valence-corrected chi connectivity index (χ2v) is 14.7. The Morgan fingerprint density at radius 3 is 2.42 bits per heavy atom. The molecule has 3 aromatic carbocycles. The molecule has 10 nitrogen and oxygen atoms in total. The first-order chi connectivity index (χ1) is 23.4. The molecule has 2 saturated carbocycles. The lowest BCUT2D eigenvalue weighted by Crippen LogP contribution is -2.42. The number of benzene rings is 3. The van der Waals surface area contributed by atoms with E-state index >= 15 is 0 Å². The Labute approximate surface area is 284 Å². The molecule has 1 saturated heterocycles. The molecule has 0 radical (unpaired) electrons. The quantitative estimate of drug-likeness (QED) is 0.220. The van der Waals surface area contributed by atoms with Crippen molar-refractivity contribution in [2.75, 3.05) is 30.5 Å². The molecular weight excluding hydrogens is 651 g/mol. The number of rotatable bonds is 9. The van der Waals surface area contributed by atoms with E-state index in [-0.39, 0.29) is 70.0 Å². The predicted octanol–water partition coefficient (Wildman–Crippen LogP) is 5.54. The molecule has 246 valence electrons. The molecule has 48 heavy (non-hydrogen) atoms. The number of ether oxygens (including phenoxy) is 3. The van der Waals surface area contributed by atoms with Gasteiger partial charge in [-0.25, -0.2) is 0 Å². The number of thioether (sulfide) groups is 1. The van der Waals surface area contributed by atoms with Gasteiger partial charge in [0.25, 0.3) is 5.91 Å². The van der Waals surface area contributed by atoms with E-state index in [9.17, 15) is 19.2 Å². The highest BCUT2D eigenvalue weighted by atomic mass is 32.2. The average molecular weight is 684 g/mol. The number of nitrogens with one attached hydrogen (secondary N) is 2. The molecule has 2 bridgehead atoms. The molecule has 12 heteroatoms. The predicted molar refractivity (Wildman–Crippen MR) is 182 cm³/mol. The number of aromatic nitrogens is 1. The number of hydrogen-bond acceptors (Lipinski definition) is 9. The third kappa shape index (κ3) is 5.00. The first-order valence-electron chi connectivity index (χ1n) is 16.0. The molecule has 8 rings (SSSR count). The van der Waals surface area contributed by atoms with E-state index in [0.29, 0.717) is 35.2 Å². The highest BCUT2D eigenvalue weighted by Crippen LogP contribution is 2.68. The Hall–Kier alpha value is -4.55. The van der Waals surface area contributed by atoms with Gasteiger partial charge in [-0.3, -0.25) is 24.1 Å². The molecule has 2 aliphatic heterocycles. The van der Waals surface area contributed by atoms with Crippen molar-refractivity contribution in [1.29, 1.82) is 0 Å². The Balaban J connectivity index is 1.09. The van der Waals surface area contributed by atoms with Crippen molar-refractivity contribution in [1.82, 2.24) is 4.98 Å². The summed E-state index contributed by atoms with van der Waals surface area (Å²) in [7, 11) is 1.58. The lowest BCUT2D eigenvalue weighted by atomic mass is 9.68. The number of H-pyrrole nitrogens is 1. The number of carbonyl (C=O) groups excluding carboxylic acids is 3. The molecule has 0 spiro atoms. The number of amides is 3. The van der Waals surface area contributed by atoms with Gasteiger partial charge in [-0.1, -0.05) is 35.6 Å². The van der Waals surface area contributed by atoms with Gasteiger partial charge >= 0.3 is 4.87 Å². The maximum Gasteiger partial charge on any atom is 0.305 e. The summed E-state index contributed by atoms with van der Waals surface area (Å²) < 4.78 is 17.2. The third-order valence-electron chi connectivity index (χ3n) is 10.1. The maximum absolute atomic E-state index is 14.0. The molecule has 2 aliphatic carbocycles. The Morgan fingerprint density at radius 2 is 1.69 bits per heavy atom. The van der Waals surface area contributed by atoms with Gasteiger partial charge in [-0.15, -0.1) is 11.8 Å². The minimum Gasteiger partial charge on any atom is -0.497 e. The molecule has 4 aliphatic rings. The summed E-state index contributed by atoms with van der Waals surface area (Å²) in [5.41, 5.74) is 2.19. The number of anilines is 2. The number of nitrogens with zero attached hydrogens (tertiary/aromatic N) is 1. The van der Waals surface area contributed by atoms with Gasteiger partial charge < -0.3 is 24.5 Å². The number of carbonyl (C=O) groups is 3. The van der Waals surface area contributed by atoms with E-state index < -0.39 is 0 Å². The van der Waals surface area contributed by atoms with Crippen molar-refractivity contribution in [3.05, 3.63) is 92.9 Å². The van der Waals surface area contributed by atoms with E-state index in [1.165, 1.54) is 16.2 Å². The Morgan fingerprint density at radius 1 is 0.938 bits per heavy atom. The maximum atomic E-state index is 14.0. The van der Waals surface area contributed by atoms with Gasteiger partial charge in [0.1, 0.15) is 5.75 Å². The summed E-state index contributed by atoms with van der Waals surface area (Å²) in [6, 6.07) is 21.9. The van der Waals surface area contributed by atoms with Crippen LogP contribution in [-0.2, 0) is 14.4 Å². The standard InChI is InChI=1S/C36H33N3O7S2/c1-3-45-25-15-18(9-14-24(25)46-17-26(40)37-19-10-12-21(44-2)13-11-19)27-28-22-16-23(31(28)47-33-32(27)48-36(43)38-33)30-29(22)34(41)39(35(30)42)20-7-5-4-6-8-20/h4-15,22-23,27-31H,3,16-17H2,1-2H3,(H,37,40)(H,38,43)/t22-,23-,27-,28?,29?,30?,31?/m1/s1. The van der Waals surface area contributed by atoms with Crippen LogP contribution in [0.3, 0.4) is 0 Å². The fraction of sp³-hybridized carbons (Fsp3) is 0.333. The molecule has 3 amide bonds. The van der Waals surface area contributed by atoms with Crippen LogP contribution >= 0.6 is 23.1 Å². The summed E-state index contributed by atoms with van der Waals surface area (Å²) >= 11 is 2.86. The van der Waals surface area contributed by atoms with E-state index in [1.807, 2.05) is 55.5 Å². The number of fused-ring (bicyclic) bond motifs is 9. The number of aromatic amines is 1. The third-order valence-corrected chi connectivity index (χ3v) is 12.7. The van der Waals surface area contributed by atoms with E-state index in [0.717, 1.165) is 21.9 Å². The topological polar surface area (TPSA) is 127 Å². The zero-order chi connectivity index (χ0) is 33.1. The van der Waals surface area contributed by atoms with Gasteiger partial charge in [-0.05, 0) is 85.2 Å². The summed E-state index contributed by atoms with van der Waals surface area (Å²) in [6.07, 6.45) is 0.802. The van der Waals surface area contributed by atoms with Crippen LogP contribution < -0.4 is 29.3 Å². The van der Waals surface area contributed by atoms with E-state index in [1.54, 1.807) is 43.1 Å². The average Bonchev–Trinajstić information content (AvgIpc) is 3.83. The van der Waals surface area contributed by atoms with Crippen LogP contribution in [0.2, 0.25) is 0 Å². The highest BCUT2D eigenvalue weighted by molar-refractivity contribution is 8.00. The van der Waals surface area contributed by atoms with Crippen LogP contribution in [0.1, 0.15) is 29.7 Å². The first-order valence-corrected chi connectivity index (χ1v) is 17.7. The van der Waals surface area contributed by atoms with Gasteiger partial charge in [0.15, 0.2) is 18.1 Å². The molecule has 3 fully saturated rings. The number of methoxy groups -OCH3 is 1. The van der Waals surface area contributed by atoms with Crippen molar-refractivity contribution < 1.29 is 28.6 Å². The van der Waals surface area contributed by atoms with Crippen LogP contribution in [0.25, 0.3) is 0 Å². The zero-order valence-electron chi connectivity index (χ0n) is 26.2. The van der Waals surface area contributed by atoms with Gasteiger partial charge in [0.05, 0.1) is 36.3 Å². The van der Waals surface area contributed by atoms with Gasteiger partial charge in [0, 0.05) is 21.7 Å². The number of hydrogen-bond donors (Lipinski definition) is 2. The van der Waals surface area contributed by atoms with Gasteiger partial charge in [-0.2, -0.15) is 0 Å². The molecule has 4 aromatic rings. The lowest BCUT2D eigenvalue weighted by molar-refractivity contribution is -0.123. The Kier molecular flexibility index (Phi) is 7.79. The SMILES string of the molecule is CCOc1cc([C@H]2c3sc(=O)[nH]c3SC3C2[C@H]2C[C@@H]3C3C(=O)N(c4ccccc4)C(=O)C32)ccc1OCC(=O)Nc1ccc(OC)cc1. The second-order valence-electron chi connectivity index (χ2n) is 12.5. The summed E-state index contributed by atoms with van der Waals surface area (Å²) in [4.78, 5) is 58.5. The fourth-order valence-corrected chi connectivity index (χ4v) is 11.2. The van der Waals surface area contributed by atoms with Crippen molar-refractivity contribution >= 4 is 52.2 Å². The van der Waals surface area contributed by atoms with E-state index in [4.69, 9.17) is 14.2 Å². The highest BCUT2D eigenvalue weighted by Gasteiger charge is 2.69. The summed E-state index contributed by atoms with van der Waals surface area (Å²) in [5.74, 6) is 0.204. The molecule has 7 atom stereocenters. The lowest BCUT2D eigenvalue weighted by Gasteiger charge is -2.43. The van der Waals surface area contributed by atoms with Crippen molar-refractivity contribution in [2.24, 2.45) is 29.6 Å². The largest absolute Gasteiger partial charge is 0.497 e. The Bertz CT molecular complexity index is 1960. The van der Waals surface area contributed by atoms with Crippen LogP contribution in [0.15, 0.2) is 82.6 Å². The van der Waals surface area contributed by atoms with Crippen molar-refractivity contribution in [2.45, 2.75) is 29.5 Å². The summed E-state index contributed by atoms with van der Waals surface area (Å²) in [5, 5.41) is 3.73. The minimum atomic E-state index is -0.387. The van der Waals surface area contributed by atoms with Crippen LogP contribution in [0.4, 0.5) is 11.4 Å². The molecule has 3 heterocycles. The number of thiazole rings is 1. The van der Waals surface area contributed by atoms with Crippen molar-refractivity contribution in [3.8, 4) is 17.2 Å². The number of para-hydroxylation sites is 1. The summed E-state index contributed by atoms with van der Waals surface area (Å²) in [6.45, 7) is 2.04. The second kappa shape index (κ2) is 12.2. The fourth-order valence-electron chi connectivity index (χ4n) is 8.34. The molecular formula is C36H33N3O7S2.